The fourth-order valence-electron chi connectivity index (χ4n) is 2.27. The highest BCUT2D eigenvalue weighted by Crippen LogP contribution is 2.25. The van der Waals surface area contributed by atoms with E-state index in [1.165, 1.54) is 24.8 Å². The number of ether oxygens (including phenoxy) is 2. The van der Waals surface area contributed by atoms with Crippen molar-refractivity contribution >= 4 is 39.4 Å². The number of aliphatic imine (C=N–C) groups is 1. The molecule has 1 aromatic carbocycles. The van der Waals surface area contributed by atoms with Crippen LogP contribution < -0.4 is 5.32 Å². The maximum Gasteiger partial charge on any atom is 0.303 e. The second-order valence-electron chi connectivity index (χ2n) is 5.67. The Morgan fingerprint density at radius 3 is 2.67 bits per heavy atom. The fourth-order valence-corrected chi connectivity index (χ4v) is 2.74. The Hall–Kier alpha value is -2.59. The van der Waals surface area contributed by atoms with Crippen molar-refractivity contribution in [3.8, 4) is 5.75 Å². The van der Waals surface area contributed by atoms with Gasteiger partial charge in [0.15, 0.2) is 6.10 Å². The first-order valence-electron chi connectivity index (χ1n) is 8.01. The van der Waals surface area contributed by atoms with Gasteiger partial charge in [-0.1, -0.05) is 12.1 Å². The molecule has 1 heterocycles. The van der Waals surface area contributed by atoms with E-state index < -0.39 is 24.4 Å². The summed E-state index contributed by atoms with van der Waals surface area (Å²) in [5.74, 6) is -0.694. The molecular weight excluding hydrogens is 422 g/mol. The number of carbonyl (C=O) groups is 2. The molecule has 2 rings (SSSR count). The Bertz CT molecular complexity index is 767. The monoisotopic (exact) mass is 441 g/mol. The maximum absolute atomic E-state index is 11.2. The predicted molar refractivity (Wildman–Crippen MR) is 101 cm³/mol. The average molecular weight is 442 g/mol. The van der Waals surface area contributed by atoms with Crippen LogP contribution in [-0.4, -0.2) is 58.5 Å². The molecule has 27 heavy (non-hydrogen) atoms. The minimum Gasteiger partial charge on any atom is -0.506 e. The molecule has 9 nitrogen and oxygen atoms in total. The molecule has 10 heteroatoms. The molecule has 1 aliphatic heterocycles. The summed E-state index contributed by atoms with van der Waals surface area (Å²) in [7, 11) is 0. The van der Waals surface area contributed by atoms with Crippen molar-refractivity contribution < 1.29 is 29.3 Å². The number of para-hydroxylation sites is 2. The van der Waals surface area contributed by atoms with Gasteiger partial charge < -0.3 is 29.9 Å². The normalized spacial score (nSPS) is 17.5. The zero-order valence-electron chi connectivity index (χ0n) is 14.8. The molecule has 3 N–H and O–H groups in total. The van der Waals surface area contributed by atoms with E-state index in [-0.39, 0.29) is 18.9 Å². The number of nitrogens with one attached hydrogen (secondary N) is 1. The number of rotatable bonds is 6. The molecule has 2 unspecified atom stereocenters. The number of benzene rings is 1. The lowest BCUT2D eigenvalue weighted by Crippen LogP contribution is -2.42. The first-order valence-corrected chi connectivity index (χ1v) is 8.80. The van der Waals surface area contributed by atoms with E-state index in [1.807, 2.05) is 0 Å². The molecule has 146 valence electrons. The van der Waals surface area contributed by atoms with Crippen LogP contribution >= 0.6 is 15.9 Å². The lowest BCUT2D eigenvalue weighted by Gasteiger charge is -2.31. The number of nitrogens with zero attached hydrogens (tertiary/aromatic N) is 2. The number of esters is 2. The summed E-state index contributed by atoms with van der Waals surface area (Å²) in [5, 5.41) is 23.0. The second-order valence-corrected chi connectivity index (χ2v) is 6.53. The number of phenols is 1. The van der Waals surface area contributed by atoms with Crippen LogP contribution in [0.1, 0.15) is 13.8 Å². The van der Waals surface area contributed by atoms with Gasteiger partial charge in [-0.3, -0.25) is 9.59 Å². The number of amidine groups is 1. The minimum absolute atomic E-state index is 0.0359. The summed E-state index contributed by atoms with van der Waals surface area (Å²) < 4.78 is 10.5. The predicted octanol–water partition coefficient (Wildman–Crippen LogP) is 1.53. The molecule has 0 fully saturated rings. The molecule has 0 aliphatic carbocycles. The van der Waals surface area contributed by atoms with Crippen molar-refractivity contribution in [3.05, 3.63) is 34.9 Å². The first kappa shape index (κ1) is 20.7. The van der Waals surface area contributed by atoms with E-state index in [9.17, 15) is 19.8 Å². The Kier molecular flexibility index (Phi) is 7.19. The van der Waals surface area contributed by atoms with E-state index in [1.54, 1.807) is 24.4 Å². The number of aromatic hydroxyl groups is 1. The summed E-state index contributed by atoms with van der Waals surface area (Å²) in [5.41, 5.74) is 0.426. The van der Waals surface area contributed by atoms with Gasteiger partial charge in [0.1, 0.15) is 18.2 Å². The smallest absolute Gasteiger partial charge is 0.303 e. The van der Waals surface area contributed by atoms with Gasteiger partial charge in [-0.05, 0) is 28.1 Å². The molecule has 2 atom stereocenters. The van der Waals surface area contributed by atoms with E-state index >= 15 is 0 Å². The molecule has 0 bridgehead atoms. The number of carbonyl (C=O) groups excluding carboxylic acids is 2. The van der Waals surface area contributed by atoms with E-state index in [0.717, 1.165) is 0 Å². The highest BCUT2D eigenvalue weighted by molar-refractivity contribution is 9.12. The number of anilines is 1. The van der Waals surface area contributed by atoms with Crippen molar-refractivity contribution in [2.24, 2.45) is 4.99 Å². The van der Waals surface area contributed by atoms with Crippen molar-refractivity contribution in [3.63, 3.8) is 0 Å². The van der Waals surface area contributed by atoms with Crippen molar-refractivity contribution in [1.29, 1.82) is 0 Å². The molecule has 1 aliphatic rings. The van der Waals surface area contributed by atoms with Gasteiger partial charge in [0, 0.05) is 20.0 Å². The Morgan fingerprint density at radius 1 is 1.33 bits per heavy atom. The quantitative estimate of drug-likeness (QED) is 0.448. The van der Waals surface area contributed by atoms with Crippen LogP contribution in [0, 0.1) is 0 Å². The topological polar surface area (TPSA) is 121 Å². The molecular formula is C17H20BrN3O6. The maximum atomic E-state index is 11.2. The van der Waals surface area contributed by atoms with Crippen molar-refractivity contribution in [2.45, 2.75) is 26.3 Å². The Morgan fingerprint density at radius 2 is 2.04 bits per heavy atom. The fraction of sp³-hybridized carbons (Fsp3) is 0.353. The molecule has 0 aromatic heterocycles. The van der Waals surface area contributed by atoms with Crippen LogP contribution in [0.2, 0.25) is 0 Å². The number of hydrogen-bond acceptors (Lipinski definition) is 9. The molecule has 1 aromatic rings. The standard InChI is InChI=1S/C17H20BrN3O6/c1-10(22)26-9-12(27-11(2)23)7-21-8-13(18)16(20-17(21)25)19-14-5-3-4-6-15(14)24/h3-6,8,12,17,24-25H,7,9H2,1-2H3,(H,19,20). The van der Waals surface area contributed by atoms with Gasteiger partial charge in [0.05, 0.1) is 16.7 Å². The van der Waals surface area contributed by atoms with E-state index in [0.29, 0.717) is 16.0 Å². The SMILES string of the molecule is CC(=O)OCC(CN1C=C(Br)C(Nc2ccccc2O)=NC1O)OC(C)=O. The number of halogens is 1. The largest absolute Gasteiger partial charge is 0.506 e. The number of aliphatic hydroxyl groups excluding tert-OH is 1. The molecule has 0 saturated carbocycles. The molecule has 0 radical (unpaired) electrons. The van der Waals surface area contributed by atoms with Crippen molar-refractivity contribution in [1.82, 2.24) is 4.90 Å². The van der Waals surface area contributed by atoms with Crippen LogP contribution in [-0.2, 0) is 19.1 Å². The van der Waals surface area contributed by atoms with Gasteiger partial charge in [-0.15, -0.1) is 0 Å². The first-order chi connectivity index (χ1) is 12.8. The minimum atomic E-state index is -1.27. The van der Waals surface area contributed by atoms with Gasteiger partial charge in [-0.2, -0.15) is 0 Å². The van der Waals surface area contributed by atoms with Crippen LogP contribution in [0.3, 0.4) is 0 Å². The van der Waals surface area contributed by atoms with Crippen LogP contribution in [0.5, 0.6) is 5.75 Å². The number of aliphatic hydroxyl groups is 1. The molecule has 0 saturated heterocycles. The Balaban J connectivity index is 2.07. The summed E-state index contributed by atoms with van der Waals surface area (Å²) in [4.78, 5) is 27.8. The second kappa shape index (κ2) is 9.38. The van der Waals surface area contributed by atoms with Crippen LogP contribution in [0.15, 0.2) is 39.9 Å². The van der Waals surface area contributed by atoms with Gasteiger partial charge in [-0.25, -0.2) is 4.99 Å². The van der Waals surface area contributed by atoms with Gasteiger partial charge in [0.25, 0.3) is 0 Å². The van der Waals surface area contributed by atoms with Gasteiger partial charge in [0.2, 0.25) is 6.35 Å². The van der Waals surface area contributed by atoms with E-state index in [4.69, 9.17) is 9.47 Å². The van der Waals surface area contributed by atoms with Crippen molar-refractivity contribution in [2.75, 3.05) is 18.5 Å². The molecule has 0 spiro atoms. The third kappa shape index (κ3) is 6.26. The third-order valence-electron chi connectivity index (χ3n) is 3.42. The average Bonchev–Trinajstić information content (AvgIpc) is 2.58. The lowest BCUT2D eigenvalue weighted by molar-refractivity contribution is -0.158. The van der Waals surface area contributed by atoms with Crippen LogP contribution in [0.4, 0.5) is 5.69 Å². The zero-order valence-corrected chi connectivity index (χ0v) is 16.3. The summed E-state index contributed by atoms with van der Waals surface area (Å²) in [6.45, 7) is 2.40. The number of phenolic OH excluding ortho intramolecular Hbond substituents is 1. The number of hydrogen-bond donors (Lipinski definition) is 3. The highest BCUT2D eigenvalue weighted by Gasteiger charge is 2.25. The highest BCUT2D eigenvalue weighted by atomic mass is 79.9. The van der Waals surface area contributed by atoms with Crippen LogP contribution in [0.25, 0.3) is 0 Å². The third-order valence-corrected chi connectivity index (χ3v) is 4.00. The lowest BCUT2D eigenvalue weighted by atomic mass is 10.3. The Labute approximate surface area is 164 Å². The molecule has 0 amide bonds. The van der Waals surface area contributed by atoms with E-state index in [2.05, 4.69) is 26.2 Å². The van der Waals surface area contributed by atoms with Gasteiger partial charge >= 0.3 is 11.9 Å². The summed E-state index contributed by atoms with van der Waals surface area (Å²) >= 11 is 3.35. The zero-order chi connectivity index (χ0) is 20.0. The summed E-state index contributed by atoms with van der Waals surface area (Å²) in [6, 6.07) is 6.60. The summed E-state index contributed by atoms with van der Waals surface area (Å²) in [6.07, 6.45) is -0.486.